The van der Waals surface area contributed by atoms with Crippen LogP contribution in [0.3, 0.4) is 0 Å². The normalized spacial score (nSPS) is 11.3. The summed E-state index contributed by atoms with van der Waals surface area (Å²) in [6.45, 7) is 2.37. The van der Waals surface area contributed by atoms with E-state index in [1.807, 2.05) is 55.5 Å². The lowest BCUT2D eigenvalue weighted by Crippen LogP contribution is -2.20. The zero-order valence-electron chi connectivity index (χ0n) is 15.0. The van der Waals surface area contributed by atoms with E-state index in [0.29, 0.717) is 23.0 Å². The molecule has 0 fully saturated rings. The third-order valence-corrected chi connectivity index (χ3v) is 4.22. The number of nitrogens with one attached hydrogen (secondary N) is 1. The van der Waals surface area contributed by atoms with Crippen molar-refractivity contribution in [1.29, 1.82) is 0 Å². The lowest BCUT2D eigenvalue weighted by Gasteiger charge is -2.04. The monoisotopic (exact) mass is 382 g/mol. The predicted molar refractivity (Wildman–Crippen MR) is 105 cm³/mol. The first kappa shape index (κ1) is 18.7. The highest BCUT2D eigenvalue weighted by Crippen LogP contribution is 2.12. The average Bonchev–Trinajstić information content (AvgIpc) is 3.16. The second kappa shape index (κ2) is 8.51. The summed E-state index contributed by atoms with van der Waals surface area (Å²) >= 11 is 5.89. The third kappa shape index (κ3) is 4.95. The van der Waals surface area contributed by atoms with Gasteiger partial charge in [-0.15, -0.1) is 0 Å². The van der Waals surface area contributed by atoms with Gasteiger partial charge in [0.05, 0.1) is 19.4 Å². The van der Waals surface area contributed by atoms with Crippen molar-refractivity contribution in [3.8, 4) is 5.75 Å². The van der Waals surface area contributed by atoms with Crippen molar-refractivity contribution in [3.63, 3.8) is 0 Å². The lowest BCUT2D eigenvalue weighted by molar-refractivity contribution is 0.0949. The van der Waals surface area contributed by atoms with Crippen molar-refractivity contribution in [3.05, 3.63) is 82.6 Å². The molecule has 2 aromatic carbocycles. The molecule has 0 saturated carbocycles. The minimum absolute atomic E-state index is 0.301. The summed E-state index contributed by atoms with van der Waals surface area (Å²) in [5.41, 5.74) is 5.46. The molecule has 1 amide bonds. The fourth-order valence-electron chi connectivity index (χ4n) is 2.44. The average molecular weight is 383 g/mol. The van der Waals surface area contributed by atoms with Gasteiger partial charge in [0.15, 0.2) is 5.69 Å². The molecule has 0 aliphatic rings. The van der Waals surface area contributed by atoms with Crippen LogP contribution in [0.15, 0.2) is 65.9 Å². The lowest BCUT2D eigenvalue weighted by atomic mass is 10.1. The maximum Gasteiger partial charge on any atom is 0.291 e. The van der Waals surface area contributed by atoms with Gasteiger partial charge in [-0.25, -0.2) is 5.43 Å². The summed E-state index contributed by atoms with van der Waals surface area (Å²) in [5, 5.41) is 9.11. The summed E-state index contributed by atoms with van der Waals surface area (Å²) in [6.07, 6.45) is 1.75. The van der Waals surface area contributed by atoms with Gasteiger partial charge >= 0.3 is 0 Å². The number of amides is 1. The van der Waals surface area contributed by atoms with E-state index in [9.17, 15) is 4.79 Å². The van der Waals surface area contributed by atoms with E-state index in [-0.39, 0.29) is 5.91 Å². The molecule has 0 spiro atoms. The highest BCUT2D eigenvalue weighted by atomic mass is 35.5. The SMILES string of the molecule is COc1ccc(/C(C)=N/NC(=O)c2ccn(Cc3ccc(Cl)cc3)n2)cc1. The quantitative estimate of drug-likeness (QED) is 0.521. The van der Waals surface area contributed by atoms with Crippen LogP contribution in [-0.4, -0.2) is 28.5 Å². The van der Waals surface area contributed by atoms with Crippen molar-refractivity contribution in [1.82, 2.24) is 15.2 Å². The van der Waals surface area contributed by atoms with Gasteiger partial charge in [0.1, 0.15) is 5.75 Å². The molecule has 0 atom stereocenters. The molecule has 0 aliphatic carbocycles. The van der Waals surface area contributed by atoms with Crippen LogP contribution in [0.5, 0.6) is 5.75 Å². The van der Waals surface area contributed by atoms with Crippen molar-refractivity contribution in [2.75, 3.05) is 7.11 Å². The van der Waals surface area contributed by atoms with Crippen LogP contribution in [-0.2, 0) is 6.54 Å². The van der Waals surface area contributed by atoms with Gasteiger partial charge in [-0.1, -0.05) is 23.7 Å². The van der Waals surface area contributed by atoms with E-state index in [4.69, 9.17) is 16.3 Å². The molecule has 7 heteroatoms. The Morgan fingerprint density at radius 2 is 1.85 bits per heavy atom. The first-order chi connectivity index (χ1) is 13.0. The second-order valence-electron chi connectivity index (χ2n) is 5.89. The van der Waals surface area contributed by atoms with E-state index < -0.39 is 0 Å². The summed E-state index contributed by atoms with van der Waals surface area (Å²) in [6, 6.07) is 16.6. The largest absolute Gasteiger partial charge is 0.497 e. The second-order valence-corrected chi connectivity index (χ2v) is 6.33. The number of hydrogen-bond donors (Lipinski definition) is 1. The third-order valence-electron chi connectivity index (χ3n) is 3.96. The highest BCUT2D eigenvalue weighted by Gasteiger charge is 2.09. The van der Waals surface area contributed by atoms with Gasteiger partial charge in [0.2, 0.25) is 0 Å². The first-order valence-corrected chi connectivity index (χ1v) is 8.70. The fraction of sp³-hybridized carbons (Fsp3) is 0.150. The molecular weight excluding hydrogens is 364 g/mol. The smallest absolute Gasteiger partial charge is 0.291 e. The molecule has 0 aliphatic heterocycles. The Morgan fingerprint density at radius 1 is 1.15 bits per heavy atom. The van der Waals surface area contributed by atoms with Crippen LogP contribution in [0.4, 0.5) is 0 Å². The highest BCUT2D eigenvalue weighted by molar-refractivity contribution is 6.30. The molecule has 3 rings (SSSR count). The van der Waals surface area contributed by atoms with Crippen molar-refractivity contribution in [2.24, 2.45) is 5.10 Å². The van der Waals surface area contributed by atoms with Gasteiger partial charge in [0, 0.05) is 11.2 Å². The number of carbonyl (C=O) groups is 1. The Hall–Kier alpha value is -3.12. The molecule has 1 N–H and O–H groups in total. The topological polar surface area (TPSA) is 68.5 Å². The van der Waals surface area contributed by atoms with Crippen molar-refractivity contribution < 1.29 is 9.53 Å². The van der Waals surface area contributed by atoms with Crippen molar-refractivity contribution >= 4 is 23.2 Å². The number of ether oxygens (including phenoxy) is 1. The Labute approximate surface area is 162 Å². The number of nitrogens with zero attached hydrogens (tertiary/aromatic N) is 3. The first-order valence-electron chi connectivity index (χ1n) is 8.32. The molecule has 0 unspecified atom stereocenters. The molecule has 0 saturated heterocycles. The molecule has 27 heavy (non-hydrogen) atoms. The number of benzene rings is 2. The Bertz CT molecular complexity index is 947. The Morgan fingerprint density at radius 3 is 2.52 bits per heavy atom. The van der Waals surface area contributed by atoms with Crippen LogP contribution in [0, 0.1) is 0 Å². The van der Waals surface area contributed by atoms with Crippen LogP contribution >= 0.6 is 11.6 Å². The summed E-state index contributed by atoms with van der Waals surface area (Å²) in [5.74, 6) is 0.402. The minimum Gasteiger partial charge on any atom is -0.497 e. The van der Waals surface area contributed by atoms with Gasteiger partial charge in [-0.05, 0) is 60.5 Å². The fourth-order valence-corrected chi connectivity index (χ4v) is 2.56. The summed E-state index contributed by atoms with van der Waals surface area (Å²) < 4.78 is 6.82. The number of hydrogen-bond acceptors (Lipinski definition) is 4. The zero-order valence-corrected chi connectivity index (χ0v) is 15.8. The van der Waals surface area contributed by atoms with Crippen molar-refractivity contribution in [2.45, 2.75) is 13.5 Å². The maximum absolute atomic E-state index is 12.3. The standard InChI is InChI=1S/C20H19ClN4O2/c1-14(16-5-9-18(27-2)10-6-16)22-23-20(26)19-11-12-25(24-19)13-15-3-7-17(21)8-4-15/h3-12H,13H2,1-2H3,(H,23,26)/b22-14+. The molecule has 138 valence electrons. The van der Waals surface area contributed by atoms with Crippen LogP contribution in [0.25, 0.3) is 0 Å². The number of aromatic nitrogens is 2. The Balaban J connectivity index is 1.62. The van der Waals surface area contributed by atoms with Gasteiger partial charge in [-0.2, -0.15) is 10.2 Å². The van der Waals surface area contributed by atoms with E-state index in [1.54, 1.807) is 24.1 Å². The van der Waals surface area contributed by atoms with Gasteiger partial charge in [0.25, 0.3) is 5.91 Å². The zero-order chi connectivity index (χ0) is 19.2. The number of rotatable bonds is 6. The van der Waals surface area contributed by atoms with E-state index >= 15 is 0 Å². The van der Waals surface area contributed by atoms with Crippen LogP contribution in [0.1, 0.15) is 28.5 Å². The van der Waals surface area contributed by atoms with E-state index in [0.717, 1.165) is 16.9 Å². The number of halogens is 1. The maximum atomic E-state index is 12.3. The van der Waals surface area contributed by atoms with Crippen LogP contribution in [0.2, 0.25) is 5.02 Å². The van der Waals surface area contributed by atoms with E-state index in [1.165, 1.54) is 0 Å². The molecular formula is C20H19ClN4O2. The Kier molecular flexibility index (Phi) is 5.88. The van der Waals surface area contributed by atoms with E-state index in [2.05, 4.69) is 15.6 Å². The number of hydrazone groups is 1. The molecule has 0 radical (unpaired) electrons. The number of carbonyl (C=O) groups excluding carboxylic acids is 1. The molecule has 6 nitrogen and oxygen atoms in total. The molecule has 1 aromatic heterocycles. The minimum atomic E-state index is -0.363. The van der Waals surface area contributed by atoms with Crippen LogP contribution < -0.4 is 10.2 Å². The molecule has 1 heterocycles. The summed E-state index contributed by atoms with van der Waals surface area (Å²) in [7, 11) is 1.61. The summed E-state index contributed by atoms with van der Waals surface area (Å²) in [4.78, 5) is 12.3. The predicted octanol–water partition coefficient (Wildman–Crippen LogP) is 3.75. The van der Waals surface area contributed by atoms with Gasteiger partial charge < -0.3 is 4.74 Å². The molecule has 3 aromatic rings. The van der Waals surface area contributed by atoms with Gasteiger partial charge in [-0.3, -0.25) is 9.48 Å². The number of methoxy groups -OCH3 is 1. The molecule has 0 bridgehead atoms.